The van der Waals surface area contributed by atoms with E-state index in [-0.39, 0.29) is 11.9 Å². The summed E-state index contributed by atoms with van der Waals surface area (Å²) in [4.78, 5) is 13.8. The van der Waals surface area contributed by atoms with E-state index in [0.29, 0.717) is 18.0 Å². The van der Waals surface area contributed by atoms with Gasteiger partial charge in [-0.3, -0.25) is 4.79 Å². The van der Waals surface area contributed by atoms with Gasteiger partial charge in [-0.15, -0.1) is 0 Å². The van der Waals surface area contributed by atoms with Crippen molar-refractivity contribution in [3.8, 4) is 11.5 Å². The van der Waals surface area contributed by atoms with Crippen molar-refractivity contribution in [1.82, 2.24) is 5.32 Å². The number of carbonyl (C=O) groups excluding carboxylic acids is 1. The molecule has 1 aliphatic heterocycles. The van der Waals surface area contributed by atoms with Crippen LogP contribution in [-0.4, -0.2) is 39.3 Å². The second kappa shape index (κ2) is 8.20. The molecule has 0 bridgehead atoms. The van der Waals surface area contributed by atoms with Gasteiger partial charge in [0, 0.05) is 6.54 Å². The van der Waals surface area contributed by atoms with Gasteiger partial charge in [0.15, 0.2) is 17.5 Å². The fourth-order valence-corrected chi connectivity index (χ4v) is 3.08. The van der Waals surface area contributed by atoms with Crippen LogP contribution in [0.2, 0.25) is 0 Å². The Balaban J connectivity index is 1.88. The van der Waals surface area contributed by atoms with Gasteiger partial charge in [-0.2, -0.15) is 0 Å². The molecule has 5 heteroatoms. The second-order valence-corrected chi connectivity index (χ2v) is 6.47. The van der Waals surface area contributed by atoms with Gasteiger partial charge in [-0.25, -0.2) is 0 Å². The van der Waals surface area contributed by atoms with Crippen molar-refractivity contribution >= 4 is 5.91 Å². The Morgan fingerprint density at radius 2 is 1.91 bits per heavy atom. The first-order valence-corrected chi connectivity index (χ1v) is 8.38. The number of nitrogens with one attached hydrogen (secondary N) is 2. The van der Waals surface area contributed by atoms with Crippen LogP contribution in [0.3, 0.4) is 0 Å². The second-order valence-electron chi connectivity index (χ2n) is 6.47. The molecule has 2 rings (SSSR count). The maximum Gasteiger partial charge on any atom is 0.278 e. The Kier molecular flexibility index (Phi) is 6.28. The van der Waals surface area contributed by atoms with Gasteiger partial charge in [0.05, 0.1) is 27.3 Å². The molecule has 23 heavy (non-hydrogen) atoms. The van der Waals surface area contributed by atoms with E-state index < -0.39 is 0 Å². The summed E-state index contributed by atoms with van der Waals surface area (Å²) in [7, 11) is 3.23. The number of hydrogen-bond acceptors (Lipinski definition) is 3. The number of carbonyl (C=O) groups is 1. The van der Waals surface area contributed by atoms with Gasteiger partial charge < -0.3 is 19.7 Å². The molecular formula is C18H29N2O3+. The first-order chi connectivity index (χ1) is 11.0. The van der Waals surface area contributed by atoms with Crippen LogP contribution < -0.4 is 19.7 Å². The fourth-order valence-electron chi connectivity index (χ4n) is 3.08. The zero-order valence-corrected chi connectivity index (χ0v) is 14.6. The van der Waals surface area contributed by atoms with Crippen molar-refractivity contribution in [2.24, 2.45) is 5.92 Å². The Labute approximate surface area is 139 Å². The number of amides is 1. The molecule has 1 aromatic rings. The van der Waals surface area contributed by atoms with E-state index in [4.69, 9.17) is 9.47 Å². The number of methoxy groups -OCH3 is 2. The van der Waals surface area contributed by atoms with Gasteiger partial charge in [0.1, 0.15) is 0 Å². The highest BCUT2D eigenvalue weighted by atomic mass is 16.5. The third-order valence-corrected chi connectivity index (χ3v) is 4.84. The van der Waals surface area contributed by atoms with E-state index in [2.05, 4.69) is 12.2 Å². The minimum Gasteiger partial charge on any atom is -0.493 e. The number of ether oxygens (including phenoxy) is 2. The summed E-state index contributed by atoms with van der Waals surface area (Å²) >= 11 is 0. The highest BCUT2D eigenvalue weighted by Gasteiger charge is 2.28. The molecule has 0 unspecified atom stereocenters. The summed E-state index contributed by atoms with van der Waals surface area (Å²) < 4.78 is 10.5. The molecule has 1 amide bonds. The van der Waals surface area contributed by atoms with E-state index in [1.807, 2.05) is 25.1 Å². The molecule has 0 radical (unpaired) electrons. The predicted molar refractivity (Wildman–Crippen MR) is 89.9 cm³/mol. The summed E-state index contributed by atoms with van der Waals surface area (Å²) in [5.41, 5.74) is 1.01. The lowest BCUT2D eigenvalue weighted by atomic mass is 9.98. The summed E-state index contributed by atoms with van der Waals surface area (Å²) in [5, 5.41) is 3.04. The quantitative estimate of drug-likeness (QED) is 0.823. The molecule has 0 aromatic heterocycles. The van der Waals surface area contributed by atoms with Crippen LogP contribution >= 0.6 is 0 Å². The van der Waals surface area contributed by atoms with E-state index >= 15 is 0 Å². The molecule has 2 N–H and O–H groups in total. The van der Waals surface area contributed by atoms with Crippen molar-refractivity contribution < 1.29 is 19.2 Å². The molecule has 1 fully saturated rings. The van der Waals surface area contributed by atoms with Gasteiger partial charge in [-0.05, 0) is 43.4 Å². The van der Waals surface area contributed by atoms with E-state index in [1.165, 1.54) is 17.7 Å². The lowest BCUT2D eigenvalue weighted by Gasteiger charge is -2.31. The summed E-state index contributed by atoms with van der Waals surface area (Å²) in [6, 6.07) is 5.71. The average molecular weight is 321 g/mol. The first kappa shape index (κ1) is 17.6. The lowest BCUT2D eigenvalue weighted by molar-refractivity contribution is -0.920. The fraction of sp³-hybridized carbons (Fsp3) is 0.611. The molecular weight excluding hydrogens is 292 g/mol. The van der Waals surface area contributed by atoms with Crippen molar-refractivity contribution in [1.29, 1.82) is 0 Å². The predicted octanol–water partition coefficient (Wildman–Crippen LogP) is 1.02. The van der Waals surface area contributed by atoms with E-state index in [0.717, 1.165) is 24.6 Å². The van der Waals surface area contributed by atoms with E-state index in [9.17, 15) is 4.79 Å². The van der Waals surface area contributed by atoms with Crippen LogP contribution in [0.1, 0.15) is 32.3 Å². The molecule has 5 nitrogen and oxygen atoms in total. The topological polar surface area (TPSA) is 52.0 Å². The molecule has 1 heterocycles. The zero-order valence-electron chi connectivity index (χ0n) is 14.6. The van der Waals surface area contributed by atoms with Crippen LogP contribution in [0.15, 0.2) is 18.2 Å². The Bertz CT molecular complexity index is 525. The SMILES string of the molecule is COc1ccc(CNC(=O)[C@@H](C)[NH+]2CCC(C)CC2)cc1OC. The van der Waals surface area contributed by atoms with Gasteiger partial charge in [0.2, 0.25) is 0 Å². The monoisotopic (exact) mass is 321 g/mol. The largest absolute Gasteiger partial charge is 0.493 e. The van der Waals surface area contributed by atoms with Crippen LogP contribution in [-0.2, 0) is 11.3 Å². The zero-order chi connectivity index (χ0) is 16.8. The lowest BCUT2D eigenvalue weighted by Crippen LogP contribution is -3.17. The number of benzene rings is 1. The van der Waals surface area contributed by atoms with Gasteiger partial charge >= 0.3 is 0 Å². The molecule has 128 valence electrons. The highest BCUT2D eigenvalue weighted by molar-refractivity contribution is 5.79. The summed E-state index contributed by atoms with van der Waals surface area (Å²) in [5.74, 6) is 2.29. The summed E-state index contributed by atoms with van der Waals surface area (Å²) in [6.45, 7) is 7.00. The standard InChI is InChI=1S/C18H28N2O3/c1-13-7-9-20(10-8-13)14(2)18(21)19-12-15-5-6-16(22-3)17(11-15)23-4/h5-6,11,13-14H,7-10,12H2,1-4H3,(H,19,21)/p+1/t14-/m1/s1. The molecule has 0 aliphatic carbocycles. The maximum atomic E-state index is 12.4. The number of piperidine rings is 1. The smallest absolute Gasteiger partial charge is 0.278 e. The van der Waals surface area contributed by atoms with Crippen LogP contribution in [0.4, 0.5) is 0 Å². The summed E-state index contributed by atoms with van der Waals surface area (Å²) in [6.07, 6.45) is 2.42. The maximum absolute atomic E-state index is 12.4. The number of likely N-dealkylation sites (tertiary alicyclic amines) is 1. The van der Waals surface area contributed by atoms with Gasteiger partial charge in [-0.1, -0.05) is 13.0 Å². The molecule has 1 atom stereocenters. The first-order valence-electron chi connectivity index (χ1n) is 8.38. The van der Waals surface area contributed by atoms with Crippen LogP contribution in [0.5, 0.6) is 11.5 Å². The minimum atomic E-state index is 0.00245. The van der Waals surface area contributed by atoms with Crippen molar-refractivity contribution in [3.63, 3.8) is 0 Å². The number of rotatable bonds is 6. The van der Waals surface area contributed by atoms with Crippen molar-refractivity contribution in [2.45, 2.75) is 39.3 Å². The third kappa shape index (κ3) is 4.61. The average Bonchev–Trinajstić information content (AvgIpc) is 2.59. The number of quaternary nitrogens is 1. The Morgan fingerprint density at radius 1 is 1.26 bits per heavy atom. The molecule has 0 saturated carbocycles. The molecule has 1 aromatic carbocycles. The van der Waals surface area contributed by atoms with Crippen LogP contribution in [0, 0.1) is 5.92 Å². The van der Waals surface area contributed by atoms with Gasteiger partial charge in [0.25, 0.3) is 5.91 Å². The van der Waals surface area contributed by atoms with Crippen LogP contribution in [0.25, 0.3) is 0 Å². The molecule has 1 aliphatic rings. The number of hydrogen-bond donors (Lipinski definition) is 2. The third-order valence-electron chi connectivity index (χ3n) is 4.84. The minimum absolute atomic E-state index is 0.00245. The van der Waals surface area contributed by atoms with E-state index in [1.54, 1.807) is 14.2 Å². The van der Waals surface area contributed by atoms with Crippen molar-refractivity contribution in [3.05, 3.63) is 23.8 Å². The molecule has 1 saturated heterocycles. The normalized spacial score (nSPS) is 22.3. The van der Waals surface area contributed by atoms with Crippen molar-refractivity contribution in [2.75, 3.05) is 27.3 Å². The molecule has 0 spiro atoms. The Morgan fingerprint density at radius 3 is 2.52 bits per heavy atom. The Hall–Kier alpha value is -1.75. The highest BCUT2D eigenvalue weighted by Crippen LogP contribution is 2.27.